The van der Waals surface area contributed by atoms with Crippen molar-refractivity contribution < 1.29 is 26.4 Å². The largest absolute Gasteiger partial charge is 0.405 e. The molecular weight excluding hydrogens is 199 g/mol. The summed E-state index contributed by atoms with van der Waals surface area (Å²) in [7, 11) is -2.78. The molecule has 0 spiro atoms. The average Bonchev–Trinajstić information content (AvgIpc) is 1.80. The van der Waals surface area contributed by atoms with E-state index in [9.17, 15) is 26.4 Å². The van der Waals surface area contributed by atoms with Gasteiger partial charge in [-0.05, 0) is 0 Å². The van der Waals surface area contributed by atoms with E-state index >= 15 is 0 Å². The zero-order valence-electron chi connectivity index (χ0n) is 5.55. The van der Waals surface area contributed by atoms with Gasteiger partial charge in [0.25, 0.3) is 5.91 Å². The van der Waals surface area contributed by atoms with Crippen LogP contribution in [0.4, 0.5) is 13.2 Å². The average molecular weight is 203 g/mol. The maximum atomic E-state index is 11.4. The molecule has 0 heterocycles. The predicted octanol–water partition coefficient (Wildman–Crippen LogP) is -0.654. The Bertz CT molecular complexity index is 283. The molecule has 12 heavy (non-hydrogen) atoms. The second-order valence-corrected chi connectivity index (χ2v) is 2.47. The molecule has 0 fully saturated rings. The number of alkyl halides is 3. The zero-order valence-corrected chi connectivity index (χ0v) is 6.37. The Morgan fingerprint density at radius 2 is 1.92 bits per heavy atom. The summed E-state index contributed by atoms with van der Waals surface area (Å²) in [6.45, 7) is -1.54. The van der Waals surface area contributed by atoms with E-state index in [-0.39, 0.29) is 5.37 Å². The van der Waals surface area contributed by atoms with Crippen molar-refractivity contribution in [3.8, 4) is 0 Å². The van der Waals surface area contributed by atoms with E-state index in [2.05, 4.69) is 0 Å². The molecule has 0 atom stereocenters. The van der Waals surface area contributed by atoms with Crippen molar-refractivity contribution in [3.63, 3.8) is 0 Å². The van der Waals surface area contributed by atoms with Gasteiger partial charge in [0.1, 0.15) is 11.9 Å². The maximum absolute atomic E-state index is 11.4. The van der Waals surface area contributed by atoms with Crippen LogP contribution in [0.2, 0.25) is 0 Å². The maximum Gasteiger partial charge on any atom is 0.405 e. The van der Waals surface area contributed by atoms with Gasteiger partial charge in [-0.1, -0.05) is 0 Å². The van der Waals surface area contributed by atoms with Gasteiger partial charge in [0, 0.05) is 0 Å². The second kappa shape index (κ2) is 4.10. The number of hydrogen-bond donors (Lipinski definition) is 1. The first-order valence-corrected chi connectivity index (χ1v) is 3.72. The van der Waals surface area contributed by atoms with Crippen LogP contribution in [-0.4, -0.2) is 32.4 Å². The van der Waals surface area contributed by atoms with E-state index in [0.29, 0.717) is 0 Å². The third kappa shape index (κ3) is 7.06. The standard InChI is InChI=1S/C4H4F3NO3S/c5-4(6,7)2-8-3(9)1-12(10)11/h1H,2H2,(H,8,9). The van der Waals surface area contributed by atoms with E-state index in [1.807, 2.05) is 0 Å². The smallest absolute Gasteiger partial charge is 0.343 e. The summed E-state index contributed by atoms with van der Waals surface area (Å²) >= 11 is 0. The van der Waals surface area contributed by atoms with Gasteiger partial charge in [-0.25, -0.2) is 0 Å². The van der Waals surface area contributed by atoms with Crippen LogP contribution in [0.3, 0.4) is 0 Å². The Morgan fingerprint density at radius 1 is 1.42 bits per heavy atom. The summed E-state index contributed by atoms with van der Waals surface area (Å²) in [5.41, 5.74) is 0. The summed E-state index contributed by atoms with van der Waals surface area (Å²) in [5, 5.41) is 1.46. The van der Waals surface area contributed by atoms with Crippen molar-refractivity contribution in [1.29, 1.82) is 0 Å². The molecule has 0 radical (unpaired) electrons. The van der Waals surface area contributed by atoms with Gasteiger partial charge in [-0.2, -0.15) is 21.6 Å². The van der Waals surface area contributed by atoms with Crippen LogP contribution >= 0.6 is 0 Å². The lowest BCUT2D eigenvalue weighted by Crippen LogP contribution is -2.34. The quantitative estimate of drug-likeness (QED) is 0.606. The predicted molar refractivity (Wildman–Crippen MR) is 34.0 cm³/mol. The van der Waals surface area contributed by atoms with Crippen molar-refractivity contribution in [2.75, 3.05) is 6.54 Å². The molecule has 70 valence electrons. The Morgan fingerprint density at radius 3 is 2.25 bits per heavy atom. The molecule has 0 aliphatic heterocycles. The summed E-state index contributed by atoms with van der Waals surface area (Å²) in [5.74, 6) is -1.29. The molecule has 1 amide bonds. The number of carbonyl (C=O) groups is 1. The van der Waals surface area contributed by atoms with Crippen LogP contribution in [0.25, 0.3) is 0 Å². The third-order valence-electron chi connectivity index (χ3n) is 0.666. The van der Waals surface area contributed by atoms with Crippen molar-refractivity contribution in [2.45, 2.75) is 6.18 Å². The molecule has 0 unspecified atom stereocenters. The highest BCUT2D eigenvalue weighted by Crippen LogP contribution is 2.11. The van der Waals surface area contributed by atoms with Gasteiger partial charge in [0.15, 0.2) is 0 Å². The highest BCUT2D eigenvalue weighted by molar-refractivity contribution is 7.73. The molecule has 1 N–H and O–H groups in total. The third-order valence-corrected chi connectivity index (χ3v) is 1.07. The summed E-state index contributed by atoms with van der Waals surface area (Å²) in [6, 6.07) is 0. The van der Waals surface area contributed by atoms with Crippen molar-refractivity contribution in [1.82, 2.24) is 5.32 Å². The Balaban J connectivity index is 3.98. The van der Waals surface area contributed by atoms with Crippen molar-refractivity contribution in [2.24, 2.45) is 0 Å². The number of halogens is 3. The highest BCUT2D eigenvalue weighted by Gasteiger charge is 2.27. The summed E-state index contributed by atoms with van der Waals surface area (Å²) in [6.07, 6.45) is -4.53. The van der Waals surface area contributed by atoms with E-state index in [4.69, 9.17) is 0 Å². The lowest BCUT2D eigenvalue weighted by Gasteiger charge is -2.04. The zero-order chi connectivity index (χ0) is 9.78. The second-order valence-electron chi connectivity index (χ2n) is 1.71. The number of nitrogens with one attached hydrogen (secondary N) is 1. The molecule has 0 aliphatic rings. The highest BCUT2D eigenvalue weighted by atomic mass is 32.2. The van der Waals surface area contributed by atoms with E-state index in [1.165, 1.54) is 5.32 Å². The normalized spacial score (nSPS) is 10.6. The van der Waals surface area contributed by atoms with E-state index < -0.39 is 28.9 Å². The Labute approximate surface area is 66.9 Å². The fraction of sp³-hybridized carbons (Fsp3) is 0.500. The number of hydrogen-bond acceptors (Lipinski definition) is 3. The minimum Gasteiger partial charge on any atom is -0.343 e. The number of carbonyl (C=O) groups excluding carboxylic acids is 1. The fourth-order valence-electron chi connectivity index (χ4n) is 0.316. The van der Waals surface area contributed by atoms with Gasteiger partial charge >= 0.3 is 6.18 Å². The van der Waals surface area contributed by atoms with Gasteiger partial charge < -0.3 is 5.32 Å². The number of amides is 1. The summed E-state index contributed by atoms with van der Waals surface area (Å²) < 4.78 is 53.6. The van der Waals surface area contributed by atoms with Gasteiger partial charge in [0.05, 0.1) is 0 Å². The molecular formula is C4H4F3NO3S. The van der Waals surface area contributed by atoms with E-state index in [1.54, 1.807) is 0 Å². The monoisotopic (exact) mass is 203 g/mol. The minimum atomic E-state index is -4.53. The molecule has 8 heteroatoms. The van der Waals surface area contributed by atoms with Crippen LogP contribution in [0.5, 0.6) is 0 Å². The fourth-order valence-corrected chi connectivity index (χ4v) is 0.575. The SMILES string of the molecule is O=C(C=S(=O)=O)NCC(F)(F)F. The molecule has 0 saturated heterocycles. The van der Waals surface area contributed by atoms with Crippen LogP contribution in [0.15, 0.2) is 0 Å². The molecule has 0 saturated carbocycles. The number of rotatable bonds is 2. The van der Waals surface area contributed by atoms with Gasteiger partial charge in [0.2, 0.25) is 10.3 Å². The molecule has 0 aromatic heterocycles. The van der Waals surface area contributed by atoms with Crippen molar-refractivity contribution in [3.05, 3.63) is 0 Å². The van der Waals surface area contributed by atoms with Gasteiger partial charge in [-0.3, -0.25) is 4.79 Å². The first-order chi connectivity index (χ1) is 5.31. The van der Waals surface area contributed by atoms with Crippen molar-refractivity contribution >= 4 is 21.6 Å². The molecule has 4 nitrogen and oxygen atoms in total. The van der Waals surface area contributed by atoms with Crippen LogP contribution in [0, 0.1) is 0 Å². The molecule has 0 aromatic rings. The molecule has 0 rings (SSSR count). The summed E-state index contributed by atoms with van der Waals surface area (Å²) in [4.78, 5) is 10.2. The van der Waals surface area contributed by atoms with Crippen LogP contribution in [-0.2, 0) is 15.1 Å². The first-order valence-electron chi connectivity index (χ1n) is 2.59. The topological polar surface area (TPSA) is 63.2 Å². The van der Waals surface area contributed by atoms with Gasteiger partial charge in [-0.15, -0.1) is 0 Å². The molecule has 0 aliphatic carbocycles. The lowest BCUT2D eigenvalue weighted by molar-refractivity contribution is -0.134. The lowest BCUT2D eigenvalue weighted by atomic mass is 10.6. The molecule has 0 aromatic carbocycles. The first kappa shape index (κ1) is 11.0. The minimum absolute atomic E-state index is 0.117. The Hall–Kier alpha value is -1.05. The molecule has 0 bridgehead atoms. The van der Waals surface area contributed by atoms with Crippen LogP contribution in [0.1, 0.15) is 0 Å². The van der Waals surface area contributed by atoms with E-state index in [0.717, 1.165) is 0 Å². The Kier molecular flexibility index (Phi) is 3.74. The van der Waals surface area contributed by atoms with Crippen LogP contribution < -0.4 is 5.32 Å².